The van der Waals surface area contributed by atoms with E-state index in [4.69, 9.17) is 4.74 Å². The molecule has 2 aromatic heterocycles. The molecule has 10 heteroatoms. The Labute approximate surface area is 227 Å². The molecule has 2 atom stereocenters. The molecule has 0 radical (unpaired) electrons. The average molecular weight is 543 g/mol. The molecule has 40 heavy (non-hydrogen) atoms. The van der Waals surface area contributed by atoms with Crippen molar-refractivity contribution < 1.29 is 23.4 Å². The number of pyridine rings is 1. The van der Waals surface area contributed by atoms with Crippen LogP contribution in [0.5, 0.6) is 5.75 Å². The fourth-order valence-electron chi connectivity index (χ4n) is 6.96. The molecule has 0 aliphatic carbocycles. The third kappa shape index (κ3) is 2.96. The van der Waals surface area contributed by atoms with Crippen molar-refractivity contribution in [3.05, 3.63) is 106 Å². The van der Waals surface area contributed by atoms with Crippen molar-refractivity contribution in [3.63, 3.8) is 0 Å². The minimum atomic E-state index is -0.962. The lowest BCUT2D eigenvalue weighted by molar-refractivity contribution is -0.150. The molecular formula is C30H24F2N4O4. The highest BCUT2D eigenvalue weighted by molar-refractivity contribution is 5.96. The molecule has 2 aromatic carbocycles. The Morgan fingerprint density at radius 3 is 2.58 bits per heavy atom. The van der Waals surface area contributed by atoms with Crippen LogP contribution in [0.25, 0.3) is 16.9 Å². The van der Waals surface area contributed by atoms with Gasteiger partial charge in [-0.25, -0.2) is 8.78 Å². The van der Waals surface area contributed by atoms with Crippen LogP contribution in [0.4, 0.5) is 8.78 Å². The molecule has 8 rings (SSSR count). The summed E-state index contributed by atoms with van der Waals surface area (Å²) in [5, 5.41) is 12.8. The van der Waals surface area contributed by atoms with Gasteiger partial charge in [-0.15, -0.1) is 0 Å². The van der Waals surface area contributed by atoms with Crippen LogP contribution in [0, 0.1) is 17.0 Å². The first kappa shape index (κ1) is 23.4. The van der Waals surface area contributed by atoms with Gasteiger partial charge in [0.05, 0.1) is 24.6 Å². The van der Waals surface area contributed by atoms with Gasteiger partial charge in [-0.1, -0.05) is 24.3 Å². The molecule has 0 saturated carbocycles. The van der Waals surface area contributed by atoms with Crippen molar-refractivity contribution in [2.24, 2.45) is 5.41 Å². The second-order valence-corrected chi connectivity index (χ2v) is 11.1. The number of hydrogen-bond acceptors (Lipinski definition) is 5. The number of para-hydroxylation sites is 1. The zero-order chi connectivity index (χ0) is 27.3. The van der Waals surface area contributed by atoms with E-state index in [1.807, 2.05) is 40.0 Å². The molecule has 202 valence electrons. The third-order valence-corrected chi connectivity index (χ3v) is 8.93. The van der Waals surface area contributed by atoms with Gasteiger partial charge in [0.2, 0.25) is 5.43 Å². The molecule has 1 N–H and O–H groups in total. The van der Waals surface area contributed by atoms with Crippen molar-refractivity contribution in [2.75, 3.05) is 24.8 Å². The van der Waals surface area contributed by atoms with E-state index in [1.165, 1.54) is 16.9 Å². The van der Waals surface area contributed by atoms with E-state index in [0.717, 1.165) is 23.7 Å². The maximum absolute atomic E-state index is 15.8. The molecule has 2 saturated heterocycles. The molecule has 8 nitrogen and oxygen atoms in total. The van der Waals surface area contributed by atoms with Gasteiger partial charge in [-0.3, -0.25) is 19.3 Å². The summed E-state index contributed by atoms with van der Waals surface area (Å²) in [7, 11) is 0. The Morgan fingerprint density at radius 1 is 0.950 bits per heavy atom. The summed E-state index contributed by atoms with van der Waals surface area (Å²) in [5.41, 5.74) is 1.78. The quantitative estimate of drug-likeness (QED) is 0.395. The number of piperidine rings is 1. The number of amides is 1. The average Bonchev–Trinajstić information content (AvgIpc) is 3.38. The number of aromatic nitrogens is 2. The minimum absolute atomic E-state index is 0.120. The van der Waals surface area contributed by atoms with Crippen LogP contribution < -0.4 is 10.4 Å². The summed E-state index contributed by atoms with van der Waals surface area (Å²) in [6.45, 7) is 1.56. The van der Waals surface area contributed by atoms with E-state index in [9.17, 15) is 19.1 Å². The summed E-state index contributed by atoms with van der Waals surface area (Å²) < 4.78 is 39.6. The molecule has 6 heterocycles. The fraction of sp³-hybridized carbons (Fsp3) is 0.267. The van der Waals surface area contributed by atoms with Crippen molar-refractivity contribution in [1.82, 2.24) is 14.1 Å². The second-order valence-electron chi connectivity index (χ2n) is 11.1. The summed E-state index contributed by atoms with van der Waals surface area (Å²) in [6, 6.07) is 14.4. The van der Waals surface area contributed by atoms with Gasteiger partial charge >= 0.3 is 0 Å². The topological polar surface area (TPSA) is 79.9 Å². The Balaban J connectivity index is 1.46. The number of halogens is 2. The number of ether oxygens (including phenoxy) is 1. The van der Waals surface area contributed by atoms with E-state index in [1.54, 1.807) is 23.1 Å². The molecule has 4 aliphatic heterocycles. The molecule has 1 spiro atoms. The Bertz CT molecular complexity index is 1790. The number of carbonyl (C=O) groups excluding carboxylic acids is 1. The Morgan fingerprint density at radius 2 is 1.77 bits per heavy atom. The summed E-state index contributed by atoms with van der Waals surface area (Å²) in [6.07, 6.45) is 4.10. The highest BCUT2D eigenvalue weighted by Crippen LogP contribution is 2.49. The van der Waals surface area contributed by atoms with Gasteiger partial charge in [0.1, 0.15) is 12.2 Å². The van der Waals surface area contributed by atoms with E-state index in [-0.39, 0.29) is 16.7 Å². The predicted molar refractivity (Wildman–Crippen MR) is 141 cm³/mol. The number of rotatable bonds is 1. The van der Waals surface area contributed by atoms with Crippen molar-refractivity contribution in [1.29, 1.82) is 0 Å². The highest BCUT2D eigenvalue weighted by atomic mass is 19.2. The highest BCUT2D eigenvalue weighted by Gasteiger charge is 2.53. The smallest absolute Gasteiger partial charge is 0.278 e. The number of benzene rings is 2. The minimum Gasteiger partial charge on any atom is -0.502 e. The largest absolute Gasteiger partial charge is 0.502 e. The molecular weight excluding hydrogens is 518 g/mol. The zero-order valence-electron chi connectivity index (χ0n) is 21.3. The predicted octanol–water partition coefficient (Wildman–Crippen LogP) is 3.92. The van der Waals surface area contributed by atoms with Gasteiger partial charge in [-0.05, 0) is 42.7 Å². The SMILES string of the molecule is O=C1c2c(O)c(=O)ccn2N([C@@H]2c3ccccc3-n3cccc3-c3c2ccc(F)c3F)[C@@H]2CC3(CCN12)COC3. The molecule has 2 fully saturated rings. The summed E-state index contributed by atoms with van der Waals surface area (Å²) in [4.78, 5) is 28.0. The number of nitrogens with zero attached hydrogens (tertiary/aromatic N) is 4. The van der Waals surface area contributed by atoms with Crippen LogP contribution in [-0.4, -0.2) is 51.1 Å². The van der Waals surface area contributed by atoms with Crippen LogP contribution in [0.3, 0.4) is 0 Å². The number of hydrogen-bond donors (Lipinski definition) is 1. The standard InChI is InChI=1S/C30H24F2N4O4/c31-19-8-7-18-24(25(19)32)21-6-3-11-33(21)20-5-2-1-4-17(20)26(18)36-23-14-30(15-40-16-30)10-13-34(23)29(39)27-28(38)22(37)9-12-35(27)36/h1-9,11-12,23,26,38H,10,13-16H2/t23-,26-/m1/s1. The van der Waals surface area contributed by atoms with E-state index in [0.29, 0.717) is 37.4 Å². The van der Waals surface area contributed by atoms with Gasteiger partial charge in [0.15, 0.2) is 23.1 Å². The first-order valence-corrected chi connectivity index (χ1v) is 13.3. The van der Waals surface area contributed by atoms with E-state index >= 15 is 4.39 Å². The lowest BCUT2D eigenvalue weighted by Crippen LogP contribution is -2.68. The Kier molecular flexibility index (Phi) is 4.72. The summed E-state index contributed by atoms with van der Waals surface area (Å²) in [5.74, 6) is -3.00. The number of fused-ring (bicyclic) bond motifs is 7. The first-order valence-electron chi connectivity index (χ1n) is 13.3. The van der Waals surface area contributed by atoms with Crippen LogP contribution >= 0.6 is 0 Å². The van der Waals surface area contributed by atoms with Crippen LogP contribution in [0.1, 0.15) is 40.5 Å². The maximum Gasteiger partial charge on any atom is 0.278 e. The Hall–Kier alpha value is -4.44. The van der Waals surface area contributed by atoms with E-state index in [2.05, 4.69) is 0 Å². The van der Waals surface area contributed by atoms with Crippen LogP contribution in [0.2, 0.25) is 0 Å². The second kappa shape index (κ2) is 8.04. The normalized spacial score (nSPS) is 22.0. The molecule has 4 aromatic rings. The third-order valence-electron chi connectivity index (χ3n) is 8.93. The lowest BCUT2D eigenvalue weighted by atomic mass is 9.74. The summed E-state index contributed by atoms with van der Waals surface area (Å²) >= 11 is 0. The van der Waals surface area contributed by atoms with E-state index < -0.39 is 40.9 Å². The maximum atomic E-state index is 15.8. The molecule has 4 aliphatic rings. The van der Waals surface area contributed by atoms with Crippen LogP contribution in [0.15, 0.2) is 71.8 Å². The van der Waals surface area contributed by atoms with Gasteiger partial charge in [0.25, 0.3) is 5.91 Å². The van der Waals surface area contributed by atoms with Crippen molar-refractivity contribution >= 4 is 5.91 Å². The number of aromatic hydroxyl groups is 1. The monoisotopic (exact) mass is 542 g/mol. The van der Waals surface area contributed by atoms with Crippen molar-refractivity contribution in [3.8, 4) is 22.7 Å². The molecule has 0 unspecified atom stereocenters. The zero-order valence-corrected chi connectivity index (χ0v) is 21.3. The molecule has 0 bridgehead atoms. The van der Waals surface area contributed by atoms with Crippen molar-refractivity contribution in [2.45, 2.75) is 25.0 Å². The van der Waals surface area contributed by atoms with Crippen LogP contribution in [-0.2, 0) is 4.74 Å². The van der Waals surface area contributed by atoms with Gasteiger partial charge in [0, 0.05) is 41.5 Å². The molecule has 1 amide bonds. The lowest BCUT2D eigenvalue weighted by Gasteiger charge is -2.57. The van der Waals surface area contributed by atoms with Gasteiger partial charge in [-0.2, -0.15) is 0 Å². The fourth-order valence-corrected chi connectivity index (χ4v) is 6.96. The first-order chi connectivity index (χ1) is 19.4. The number of carbonyl (C=O) groups is 1. The van der Waals surface area contributed by atoms with Gasteiger partial charge < -0.3 is 19.3 Å².